The molecule has 0 saturated carbocycles. The van der Waals surface area contributed by atoms with Gasteiger partial charge in [0.1, 0.15) is 17.4 Å². The first kappa shape index (κ1) is 13.8. The summed E-state index contributed by atoms with van der Waals surface area (Å²) in [6.45, 7) is 5.60. The molecule has 5 nitrogen and oxygen atoms in total. The van der Waals surface area contributed by atoms with Gasteiger partial charge in [0.2, 0.25) is 5.91 Å². The van der Waals surface area contributed by atoms with E-state index in [4.69, 9.17) is 11.6 Å². The van der Waals surface area contributed by atoms with Gasteiger partial charge in [0.25, 0.3) is 0 Å². The highest BCUT2D eigenvalue weighted by molar-refractivity contribution is 6.20. The lowest BCUT2D eigenvalue weighted by Gasteiger charge is -2.16. The normalized spacial score (nSPS) is 14.4. The molecule has 2 unspecified atom stereocenters. The number of fused-ring (bicyclic) bond motifs is 1. The Kier molecular flexibility index (Phi) is 3.75. The fraction of sp³-hybridized carbons (Fsp3) is 0.462. The number of likely N-dealkylation sites (N-methyl/N-ethyl adjacent to an activating group) is 1. The molecule has 2 aromatic rings. The van der Waals surface area contributed by atoms with Crippen molar-refractivity contribution in [2.75, 3.05) is 7.05 Å². The van der Waals surface area contributed by atoms with E-state index in [2.05, 4.69) is 15.3 Å². The Morgan fingerprint density at radius 1 is 1.47 bits per heavy atom. The van der Waals surface area contributed by atoms with Gasteiger partial charge in [-0.2, -0.15) is 0 Å². The Morgan fingerprint density at radius 3 is 2.74 bits per heavy atom. The molecule has 2 heterocycles. The minimum absolute atomic E-state index is 0.0970. The fourth-order valence-corrected chi connectivity index (χ4v) is 2.24. The van der Waals surface area contributed by atoms with Crippen molar-refractivity contribution in [3.8, 4) is 0 Å². The summed E-state index contributed by atoms with van der Waals surface area (Å²) in [5.74, 6) is 0.561. The quantitative estimate of drug-likeness (QED) is 0.878. The second-order valence-electron chi connectivity index (χ2n) is 4.60. The standard InChI is InChI=1S/C13H17ClN4O/c1-7-5-10-12(16-6-7)18(9(3)13(19)15-4)11(17-10)8(2)14/h5-6,8-9H,1-4H3,(H,15,19). The van der Waals surface area contributed by atoms with E-state index in [1.807, 2.05) is 26.8 Å². The van der Waals surface area contributed by atoms with Crippen LogP contribution in [0.15, 0.2) is 12.3 Å². The van der Waals surface area contributed by atoms with Gasteiger partial charge < -0.3 is 5.32 Å². The van der Waals surface area contributed by atoms with Gasteiger partial charge in [-0.1, -0.05) is 0 Å². The van der Waals surface area contributed by atoms with Crippen LogP contribution in [-0.2, 0) is 4.79 Å². The van der Waals surface area contributed by atoms with Crippen LogP contribution in [-0.4, -0.2) is 27.5 Å². The van der Waals surface area contributed by atoms with Crippen LogP contribution in [0.5, 0.6) is 0 Å². The van der Waals surface area contributed by atoms with E-state index in [1.165, 1.54) is 0 Å². The number of aryl methyl sites for hydroxylation is 1. The van der Waals surface area contributed by atoms with Crippen molar-refractivity contribution < 1.29 is 4.79 Å². The summed E-state index contributed by atoms with van der Waals surface area (Å²) in [6, 6.07) is 1.54. The van der Waals surface area contributed by atoms with Gasteiger partial charge in [0.05, 0.1) is 5.38 Å². The molecule has 102 valence electrons. The van der Waals surface area contributed by atoms with Gasteiger partial charge in [-0.25, -0.2) is 9.97 Å². The largest absolute Gasteiger partial charge is 0.357 e. The zero-order valence-electron chi connectivity index (χ0n) is 11.4. The highest BCUT2D eigenvalue weighted by Gasteiger charge is 2.23. The average Bonchev–Trinajstić information content (AvgIpc) is 2.75. The number of nitrogens with zero attached hydrogens (tertiary/aromatic N) is 3. The lowest BCUT2D eigenvalue weighted by atomic mass is 10.2. The van der Waals surface area contributed by atoms with Crippen LogP contribution in [0.1, 0.15) is 36.7 Å². The second-order valence-corrected chi connectivity index (χ2v) is 5.26. The molecule has 0 aromatic carbocycles. The molecule has 0 spiro atoms. The molecule has 2 aromatic heterocycles. The molecule has 0 saturated heterocycles. The average molecular weight is 281 g/mol. The molecule has 2 rings (SSSR count). The number of carbonyl (C=O) groups excluding carboxylic acids is 1. The Balaban J connectivity index is 2.68. The van der Waals surface area contributed by atoms with Gasteiger partial charge >= 0.3 is 0 Å². The molecule has 0 aliphatic rings. The van der Waals surface area contributed by atoms with Crippen LogP contribution in [0.3, 0.4) is 0 Å². The van der Waals surface area contributed by atoms with Crippen LogP contribution in [0.25, 0.3) is 11.2 Å². The van der Waals surface area contributed by atoms with E-state index in [0.717, 1.165) is 11.1 Å². The van der Waals surface area contributed by atoms with E-state index >= 15 is 0 Å². The zero-order chi connectivity index (χ0) is 14.2. The molecule has 2 atom stereocenters. The third-order valence-electron chi connectivity index (χ3n) is 3.06. The van der Waals surface area contributed by atoms with E-state index < -0.39 is 6.04 Å². The number of carbonyl (C=O) groups is 1. The summed E-state index contributed by atoms with van der Waals surface area (Å²) in [7, 11) is 1.61. The minimum Gasteiger partial charge on any atom is -0.357 e. The predicted octanol–water partition coefficient (Wildman–Crippen LogP) is 2.35. The second kappa shape index (κ2) is 5.17. The first-order valence-corrected chi connectivity index (χ1v) is 6.59. The Bertz CT molecular complexity index is 620. The first-order valence-electron chi connectivity index (χ1n) is 6.15. The van der Waals surface area contributed by atoms with Crippen LogP contribution < -0.4 is 5.32 Å². The van der Waals surface area contributed by atoms with E-state index in [1.54, 1.807) is 17.8 Å². The van der Waals surface area contributed by atoms with E-state index in [9.17, 15) is 4.79 Å². The number of rotatable bonds is 3. The summed E-state index contributed by atoms with van der Waals surface area (Å²) in [5, 5.41) is 2.35. The number of hydrogen-bond acceptors (Lipinski definition) is 3. The van der Waals surface area contributed by atoms with E-state index in [0.29, 0.717) is 11.5 Å². The van der Waals surface area contributed by atoms with Crippen LogP contribution in [0.2, 0.25) is 0 Å². The molecule has 1 N–H and O–H groups in total. The van der Waals surface area contributed by atoms with Crippen molar-refractivity contribution in [3.05, 3.63) is 23.7 Å². The molecule has 0 radical (unpaired) electrons. The smallest absolute Gasteiger partial charge is 0.242 e. The number of imidazole rings is 1. The van der Waals surface area contributed by atoms with Crippen molar-refractivity contribution in [1.82, 2.24) is 19.9 Å². The van der Waals surface area contributed by atoms with E-state index in [-0.39, 0.29) is 11.3 Å². The van der Waals surface area contributed by atoms with Gasteiger partial charge in [-0.3, -0.25) is 9.36 Å². The number of pyridine rings is 1. The third kappa shape index (κ3) is 2.42. The van der Waals surface area contributed by atoms with Crippen molar-refractivity contribution >= 4 is 28.7 Å². The Hall–Kier alpha value is -1.62. The fourth-order valence-electron chi connectivity index (χ4n) is 2.09. The zero-order valence-corrected chi connectivity index (χ0v) is 12.2. The maximum atomic E-state index is 11.9. The lowest BCUT2D eigenvalue weighted by molar-refractivity contribution is -0.123. The predicted molar refractivity (Wildman–Crippen MR) is 75.3 cm³/mol. The summed E-state index contributed by atoms with van der Waals surface area (Å²) in [4.78, 5) is 20.7. The maximum Gasteiger partial charge on any atom is 0.242 e. The number of alkyl halides is 1. The molecular weight excluding hydrogens is 264 g/mol. The van der Waals surface area contributed by atoms with Crippen molar-refractivity contribution in [2.45, 2.75) is 32.2 Å². The summed E-state index contributed by atoms with van der Waals surface area (Å²) in [6.07, 6.45) is 1.76. The maximum absolute atomic E-state index is 11.9. The summed E-state index contributed by atoms with van der Waals surface area (Å²) >= 11 is 6.17. The number of hydrogen-bond donors (Lipinski definition) is 1. The molecule has 19 heavy (non-hydrogen) atoms. The van der Waals surface area contributed by atoms with Crippen molar-refractivity contribution in [1.29, 1.82) is 0 Å². The third-order valence-corrected chi connectivity index (χ3v) is 3.26. The van der Waals surface area contributed by atoms with Gasteiger partial charge in [0.15, 0.2) is 5.65 Å². The molecule has 6 heteroatoms. The molecule has 0 fully saturated rings. The highest BCUT2D eigenvalue weighted by atomic mass is 35.5. The van der Waals surface area contributed by atoms with Crippen LogP contribution in [0.4, 0.5) is 0 Å². The first-order chi connectivity index (χ1) is 8.95. The molecule has 0 aliphatic heterocycles. The van der Waals surface area contributed by atoms with Crippen molar-refractivity contribution in [3.63, 3.8) is 0 Å². The SMILES string of the molecule is CNC(=O)C(C)n1c(C(C)Cl)nc2cc(C)cnc21. The molecule has 0 bridgehead atoms. The molecular formula is C13H17ClN4O. The number of aromatic nitrogens is 3. The van der Waals surface area contributed by atoms with Gasteiger partial charge in [0, 0.05) is 13.2 Å². The van der Waals surface area contributed by atoms with Crippen LogP contribution >= 0.6 is 11.6 Å². The molecule has 1 amide bonds. The monoisotopic (exact) mass is 280 g/mol. The lowest BCUT2D eigenvalue weighted by Crippen LogP contribution is -2.29. The molecule has 0 aliphatic carbocycles. The highest BCUT2D eigenvalue weighted by Crippen LogP contribution is 2.27. The number of nitrogens with one attached hydrogen (secondary N) is 1. The number of halogens is 1. The van der Waals surface area contributed by atoms with Gasteiger partial charge in [-0.15, -0.1) is 11.6 Å². The number of amides is 1. The van der Waals surface area contributed by atoms with Gasteiger partial charge in [-0.05, 0) is 32.4 Å². The van der Waals surface area contributed by atoms with Crippen LogP contribution in [0, 0.1) is 6.92 Å². The van der Waals surface area contributed by atoms with Crippen molar-refractivity contribution in [2.24, 2.45) is 0 Å². The minimum atomic E-state index is -0.401. The topological polar surface area (TPSA) is 59.8 Å². The summed E-state index contributed by atoms with van der Waals surface area (Å²) in [5.41, 5.74) is 2.47. The summed E-state index contributed by atoms with van der Waals surface area (Å²) < 4.78 is 1.80. The Morgan fingerprint density at radius 2 is 2.16 bits per heavy atom. The Labute approximate surface area is 117 Å².